The number of nitrogens with zero attached hydrogens (tertiary/aromatic N) is 1. The predicted molar refractivity (Wildman–Crippen MR) is 75.5 cm³/mol. The van der Waals surface area contributed by atoms with Gasteiger partial charge in [-0.1, -0.05) is 6.07 Å². The summed E-state index contributed by atoms with van der Waals surface area (Å²) in [5.74, 6) is -0.856. The lowest BCUT2D eigenvalue weighted by Gasteiger charge is -2.34. The molecule has 2 fully saturated rings. The van der Waals surface area contributed by atoms with Gasteiger partial charge in [-0.25, -0.2) is 8.78 Å². The topological polar surface area (TPSA) is 15.3 Å². The summed E-state index contributed by atoms with van der Waals surface area (Å²) in [4.78, 5) is 2.28. The van der Waals surface area contributed by atoms with Gasteiger partial charge >= 0.3 is 0 Å². The summed E-state index contributed by atoms with van der Waals surface area (Å²) in [7, 11) is 0. The van der Waals surface area contributed by atoms with E-state index in [1.165, 1.54) is 31.0 Å². The fourth-order valence-corrected chi connectivity index (χ4v) is 3.84. The molecule has 20 heavy (non-hydrogen) atoms. The maximum atomic E-state index is 14.0. The van der Waals surface area contributed by atoms with Crippen molar-refractivity contribution in [2.24, 2.45) is 0 Å². The van der Waals surface area contributed by atoms with E-state index >= 15 is 0 Å². The van der Waals surface area contributed by atoms with Gasteiger partial charge in [-0.3, -0.25) is 4.90 Å². The highest BCUT2D eigenvalue weighted by atomic mass is 19.1. The van der Waals surface area contributed by atoms with Crippen molar-refractivity contribution in [3.05, 3.63) is 35.4 Å². The van der Waals surface area contributed by atoms with E-state index < -0.39 is 11.6 Å². The van der Waals surface area contributed by atoms with Crippen molar-refractivity contribution in [1.29, 1.82) is 0 Å². The van der Waals surface area contributed by atoms with Gasteiger partial charge in [0.15, 0.2) is 0 Å². The van der Waals surface area contributed by atoms with E-state index in [0.29, 0.717) is 12.1 Å². The van der Waals surface area contributed by atoms with Crippen molar-refractivity contribution in [3.63, 3.8) is 0 Å². The van der Waals surface area contributed by atoms with Crippen molar-refractivity contribution in [3.8, 4) is 0 Å². The summed E-state index contributed by atoms with van der Waals surface area (Å²) in [6.45, 7) is 3.92. The second-order valence-electron chi connectivity index (χ2n) is 5.96. The van der Waals surface area contributed by atoms with Crippen LogP contribution in [0.1, 0.15) is 44.2 Å². The number of halogens is 2. The zero-order chi connectivity index (χ0) is 14.1. The molecule has 0 saturated carbocycles. The highest BCUT2D eigenvalue weighted by molar-refractivity contribution is 5.23. The van der Waals surface area contributed by atoms with Gasteiger partial charge in [-0.05, 0) is 57.8 Å². The number of hydrogen-bond donors (Lipinski definition) is 1. The van der Waals surface area contributed by atoms with Gasteiger partial charge in [-0.15, -0.1) is 0 Å². The fraction of sp³-hybridized carbons (Fsp3) is 0.625. The molecule has 0 aliphatic carbocycles. The number of benzene rings is 1. The third kappa shape index (κ3) is 2.47. The van der Waals surface area contributed by atoms with Crippen LogP contribution in [-0.2, 0) is 0 Å². The number of hydrogen-bond acceptors (Lipinski definition) is 2. The van der Waals surface area contributed by atoms with E-state index in [1.807, 2.05) is 6.92 Å². The first-order valence-corrected chi connectivity index (χ1v) is 7.61. The quantitative estimate of drug-likeness (QED) is 0.914. The number of likely N-dealkylation sites (tertiary alicyclic amines) is 1. The van der Waals surface area contributed by atoms with Crippen LogP contribution in [0.25, 0.3) is 0 Å². The minimum Gasteiger partial charge on any atom is -0.312 e. The van der Waals surface area contributed by atoms with Crippen LogP contribution in [0.4, 0.5) is 8.78 Å². The molecule has 3 atom stereocenters. The van der Waals surface area contributed by atoms with Crippen LogP contribution in [0.2, 0.25) is 0 Å². The molecule has 1 aromatic carbocycles. The van der Waals surface area contributed by atoms with Gasteiger partial charge in [0.05, 0.1) is 0 Å². The first kappa shape index (κ1) is 14.0. The maximum Gasteiger partial charge on any atom is 0.130 e. The maximum absolute atomic E-state index is 14.0. The SMILES string of the molecule is CC(c1c(F)cccc1F)N1CCCC1C1CCCN1. The van der Waals surface area contributed by atoms with Crippen LogP contribution in [0.15, 0.2) is 18.2 Å². The lowest BCUT2D eigenvalue weighted by Crippen LogP contribution is -2.45. The molecule has 3 rings (SSSR count). The van der Waals surface area contributed by atoms with Crippen LogP contribution >= 0.6 is 0 Å². The minimum absolute atomic E-state index is 0.203. The van der Waals surface area contributed by atoms with Gasteiger partial charge in [0.25, 0.3) is 0 Å². The zero-order valence-corrected chi connectivity index (χ0v) is 11.9. The van der Waals surface area contributed by atoms with Crippen molar-refractivity contribution in [2.75, 3.05) is 13.1 Å². The number of rotatable bonds is 3. The van der Waals surface area contributed by atoms with E-state index in [0.717, 1.165) is 25.9 Å². The van der Waals surface area contributed by atoms with Gasteiger partial charge in [0.2, 0.25) is 0 Å². The van der Waals surface area contributed by atoms with E-state index in [4.69, 9.17) is 0 Å². The van der Waals surface area contributed by atoms with Crippen LogP contribution < -0.4 is 5.32 Å². The third-order valence-corrected chi connectivity index (χ3v) is 4.82. The molecule has 0 amide bonds. The van der Waals surface area contributed by atoms with Gasteiger partial charge in [0.1, 0.15) is 11.6 Å². The predicted octanol–water partition coefficient (Wildman–Crippen LogP) is 3.24. The van der Waals surface area contributed by atoms with Crippen LogP contribution in [0, 0.1) is 11.6 Å². The molecule has 2 saturated heterocycles. The molecule has 0 spiro atoms. The number of nitrogens with one attached hydrogen (secondary N) is 1. The first-order valence-electron chi connectivity index (χ1n) is 7.61. The Balaban J connectivity index is 1.83. The Hall–Kier alpha value is -1.00. The Morgan fingerprint density at radius 2 is 1.95 bits per heavy atom. The van der Waals surface area contributed by atoms with E-state index in [2.05, 4.69) is 10.2 Å². The standard InChI is InChI=1S/C16H22F2N2/c1-11(16-12(17)5-2-6-13(16)18)20-10-4-8-15(20)14-7-3-9-19-14/h2,5-6,11,14-15,19H,3-4,7-10H2,1H3. The molecule has 1 aromatic rings. The highest BCUT2D eigenvalue weighted by Gasteiger charge is 2.37. The van der Waals surface area contributed by atoms with E-state index in [9.17, 15) is 8.78 Å². The molecule has 2 heterocycles. The molecule has 2 aliphatic rings. The Morgan fingerprint density at radius 1 is 1.20 bits per heavy atom. The average Bonchev–Trinajstić information content (AvgIpc) is 3.09. The molecule has 0 aromatic heterocycles. The lowest BCUT2D eigenvalue weighted by molar-refractivity contribution is 0.157. The Bertz CT molecular complexity index is 451. The summed E-state index contributed by atoms with van der Waals surface area (Å²) in [6.07, 6.45) is 4.62. The first-order chi connectivity index (χ1) is 9.68. The van der Waals surface area contributed by atoms with Crippen LogP contribution in [-0.4, -0.2) is 30.1 Å². The lowest BCUT2D eigenvalue weighted by atomic mass is 10.00. The normalized spacial score (nSPS) is 28.9. The van der Waals surface area contributed by atoms with Gasteiger partial charge in [0, 0.05) is 23.7 Å². The molecule has 2 aliphatic heterocycles. The van der Waals surface area contributed by atoms with Crippen LogP contribution in [0.3, 0.4) is 0 Å². The molecule has 2 nitrogen and oxygen atoms in total. The molecular weight excluding hydrogens is 258 g/mol. The van der Waals surface area contributed by atoms with Gasteiger partial charge in [-0.2, -0.15) is 0 Å². The van der Waals surface area contributed by atoms with E-state index in [1.54, 1.807) is 0 Å². The molecule has 0 bridgehead atoms. The second-order valence-corrected chi connectivity index (χ2v) is 5.96. The van der Waals surface area contributed by atoms with E-state index in [-0.39, 0.29) is 11.6 Å². The van der Waals surface area contributed by atoms with Crippen molar-refractivity contribution >= 4 is 0 Å². The largest absolute Gasteiger partial charge is 0.312 e. The minimum atomic E-state index is -0.428. The Morgan fingerprint density at radius 3 is 2.60 bits per heavy atom. The molecule has 1 N–H and O–H groups in total. The zero-order valence-electron chi connectivity index (χ0n) is 11.9. The summed E-state index contributed by atoms with van der Waals surface area (Å²) in [6, 6.07) is 4.83. The van der Waals surface area contributed by atoms with Crippen molar-refractivity contribution < 1.29 is 8.78 Å². The summed E-state index contributed by atoms with van der Waals surface area (Å²) in [5.41, 5.74) is 0.220. The Kier molecular flexibility index (Phi) is 4.03. The average molecular weight is 280 g/mol. The molecular formula is C16H22F2N2. The second kappa shape index (κ2) is 5.78. The fourth-order valence-electron chi connectivity index (χ4n) is 3.84. The van der Waals surface area contributed by atoms with Crippen molar-refractivity contribution in [1.82, 2.24) is 10.2 Å². The smallest absolute Gasteiger partial charge is 0.130 e. The Labute approximate surface area is 119 Å². The molecule has 110 valence electrons. The molecule has 3 unspecified atom stereocenters. The van der Waals surface area contributed by atoms with Crippen molar-refractivity contribution in [2.45, 2.75) is 50.7 Å². The monoisotopic (exact) mass is 280 g/mol. The summed E-state index contributed by atoms with van der Waals surface area (Å²) in [5, 5.41) is 3.53. The summed E-state index contributed by atoms with van der Waals surface area (Å²) >= 11 is 0. The highest BCUT2D eigenvalue weighted by Crippen LogP contribution is 2.34. The van der Waals surface area contributed by atoms with Gasteiger partial charge < -0.3 is 5.32 Å². The molecule has 4 heteroatoms. The summed E-state index contributed by atoms with van der Waals surface area (Å²) < 4.78 is 28.0. The molecule has 0 radical (unpaired) electrons. The van der Waals surface area contributed by atoms with Crippen LogP contribution in [0.5, 0.6) is 0 Å². The third-order valence-electron chi connectivity index (χ3n) is 4.82.